The molecule has 0 fully saturated rings. The van der Waals surface area contributed by atoms with Gasteiger partial charge < -0.3 is 0 Å². The van der Waals surface area contributed by atoms with Crippen LogP contribution >= 0.6 is 0 Å². The minimum absolute atomic E-state index is 0.569. The van der Waals surface area contributed by atoms with E-state index in [1.165, 1.54) is 0 Å². The van der Waals surface area contributed by atoms with E-state index in [0.717, 1.165) is 33.5 Å². The van der Waals surface area contributed by atoms with Gasteiger partial charge in [0.25, 0.3) is 0 Å². The molecule has 122 valence electrons. The zero-order valence-electron chi connectivity index (χ0n) is 13.5. The van der Waals surface area contributed by atoms with Gasteiger partial charge >= 0.3 is 0 Å². The molecule has 25 heavy (non-hydrogen) atoms. The first-order chi connectivity index (χ1) is 12.3. The molecule has 0 aromatic carbocycles. The van der Waals surface area contributed by atoms with Crippen molar-refractivity contribution in [1.29, 1.82) is 0 Å². The molecule has 0 saturated heterocycles. The van der Waals surface area contributed by atoms with Crippen LogP contribution in [-0.2, 0) is 13.6 Å². The minimum atomic E-state index is 0.569. The summed E-state index contributed by atoms with van der Waals surface area (Å²) in [5.41, 5.74) is 5.65. The molecule has 0 bridgehead atoms. The Bertz CT molecular complexity index is 1200. The Hall–Kier alpha value is -3.55. The Morgan fingerprint density at radius 1 is 0.960 bits per heavy atom. The second kappa shape index (κ2) is 5.23. The summed E-state index contributed by atoms with van der Waals surface area (Å²) in [5.74, 6) is 0. The highest BCUT2D eigenvalue weighted by atomic mass is 15.3. The lowest BCUT2D eigenvalue weighted by atomic mass is 10.1. The molecular weight excluding hydrogens is 316 g/mol. The van der Waals surface area contributed by atoms with E-state index in [0.29, 0.717) is 6.54 Å². The van der Waals surface area contributed by atoms with Gasteiger partial charge in [0.05, 0.1) is 36.3 Å². The first kappa shape index (κ1) is 13.8. The highest BCUT2D eigenvalue weighted by Gasteiger charge is 2.11. The number of nitrogens with zero attached hydrogens (tertiary/aromatic N) is 8. The van der Waals surface area contributed by atoms with Gasteiger partial charge in [-0.1, -0.05) is 0 Å². The molecule has 0 aliphatic heterocycles. The van der Waals surface area contributed by atoms with Crippen molar-refractivity contribution in [3.63, 3.8) is 0 Å². The summed E-state index contributed by atoms with van der Waals surface area (Å²) in [7, 11) is 1.90. The summed E-state index contributed by atoms with van der Waals surface area (Å²) in [6, 6.07) is 5.89. The Morgan fingerprint density at radius 2 is 1.92 bits per heavy atom. The van der Waals surface area contributed by atoms with E-state index in [-0.39, 0.29) is 0 Å². The van der Waals surface area contributed by atoms with Crippen molar-refractivity contribution >= 4 is 16.7 Å². The van der Waals surface area contributed by atoms with Gasteiger partial charge in [-0.3, -0.25) is 14.3 Å². The van der Waals surface area contributed by atoms with Crippen LogP contribution in [0.3, 0.4) is 0 Å². The molecule has 5 rings (SSSR count). The SMILES string of the molecule is Cn1cc(-c2cnc3cnn(Cc4cnc5cccnn45)c3c2)cn1. The topological polar surface area (TPSA) is 78.7 Å². The highest BCUT2D eigenvalue weighted by molar-refractivity contribution is 5.80. The number of rotatable bonds is 3. The monoisotopic (exact) mass is 330 g/mol. The number of hydrogen-bond donors (Lipinski definition) is 0. The molecule has 0 aliphatic rings. The molecule has 0 amide bonds. The zero-order chi connectivity index (χ0) is 16.8. The fourth-order valence-electron chi connectivity index (χ4n) is 2.95. The fraction of sp³-hybridized carbons (Fsp3) is 0.118. The predicted octanol–water partition coefficient (Wildman–Crippen LogP) is 1.92. The van der Waals surface area contributed by atoms with E-state index in [9.17, 15) is 0 Å². The average molecular weight is 330 g/mol. The minimum Gasteiger partial charge on any atom is -0.275 e. The van der Waals surface area contributed by atoms with Gasteiger partial charge in [0.2, 0.25) is 0 Å². The summed E-state index contributed by atoms with van der Waals surface area (Å²) < 4.78 is 5.52. The maximum atomic E-state index is 4.52. The van der Waals surface area contributed by atoms with Crippen LogP contribution in [0.5, 0.6) is 0 Å². The molecule has 0 N–H and O–H groups in total. The van der Waals surface area contributed by atoms with Crippen molar-refractivity contribution in [2.45, 2.75) is 6.54 Å². The Morgan fingerprint density at radius 3 is 2.80 bits per heavy atom. The first-order valence-electron chi connectivity index (χ1n) is 7.86. The molecule has 0 spiro atoms. The normalized spacial score (nSPS) is 11.6. The molecule has 5 aromatic heterocycles. The Balaban J connectivity index is 1.59. The molecular formula is C17H14N8. The van der Waals surface area contributed by atoms with E-state index in [1.54, 1.807) is 17.1 Å². The first-order valence-corrected chi connectivity index (χ1v) is 7.86. The van der Waals surface area contributed by atoms with E-state index in [1.807, 2.05) is 53.2 Å². The molecule has 8 heteroatoms. The van der Waals surface area contributed by atoms with Gasteiger partial charge in [-0.15, -0.1) is 0 Å². The van der Waals surface area contributed by atoms with Crippen LogP contribution in [0.25, 0.3) is 27.8 Å². The molecule has 0 atom stereocenters. The molecule has 5 aromatic rings. The van der Waals surface area contributed by atoms with Gasteiger partial charge in [-0.25, -0.2) is 9.50 Å². The van der Waals surface area contributed by atoms with Crippen LogP contribution in [0, 0.1) is 0 Å². The van der Waals surface area contributed by atoms with Crippen molar-refractivity contribution in [3.8, 4) is 11.1 Å². The Labute approximate surface area is 142 Å². The largest absolute Gasteiger partial charge is 0.275 e. The van der Waals surface area contributed by atoms with Crippen LogP contribution < -0.4 is 0 Å². The van der Waals surface area contributed by atoms with Crippen LogP contribution in [0.1, 0.15) is 5.69 Å². The standard InChI is InChI=1S/C17H14N8/c1-23-10-13(7-21-23)12-5-16-15(18-6-12)9-22-24(16)11-14-8-19-17-3-2-4-20-25(14)17/h2-10H,11H2,1H3. The second-order valence-electron chi connectivity index (χ2n) is 5.88. The summed E-state index contributed by atoms with van der Waals surface area (Å²) in [4.78, 5) is 8.90. The molecule has 0 radical (unpaired) electrons. The van der Waals surface area contributed by atoms with E-state index >= 15 is 0 Å². The molecule has 0 aliphatic carbocycles. The summed E-state index contributed by atoms with van der Waals surface area (Å²) >= 11 is 0. The molecule has 8 nitrogen and oxygen atoms in total. The smallest absolute Gasteiger partial charge is 0.153 e. The summed E-state index contributed by atoms with van der Waals surface area (Å²) in [5, 5.41) is 13.1. The summed E-state index contributed by atoms with van der Waals surface area (Å²) in [6.07, 6.45) is 11.0. The second-order valence-corrected chi connectivity index (χ2v) is 5.88. The molecule has 5 heterocycles. The van der Waals surface area contributed by atoms with E-state index < -0.39 is 0 Å². The average Bonchev–Trinajstić information content (AvgIpc) is 3.35. The number of hydrogen-bond acceptors (Lipinski definition) is 5. The Kier molecular flexibility index (Phi) is 2.90. The van der Waals surface area contributed by atoms with Crippen LogP contribution in [0.2, 0.25) is 0 Å². The number of aromatic nitrogens is 8. The third-order valence-corrected chi connectivity index (χ3v) is 4.19. The maximum Gasteiger partial charge on any atom is 0.153 e. The van der Waals surface area contributed by atoms with Crippen molar-refractivity contribution < 1.29 is 0 Å². The van der Waals surface area contributed by atoms with Crippen molar-refractivity contribution in [2.75, 3.05) is 0 Å². The fourth-order valence-corrected chi connectivity index (χ4v) is 2.95. The van der Waals surface area contributed by atoms with Gasteiger partial charge in [-0.2, -0.15) is 15.3 Å². The van der Waals surface area contributed by atoms with Crippen LogP contribution in [-0.4, -0.2) is 39.1 Å². The van der Waals surface area contributed by atoms with Crippen molar-refractivity contribution in [2.24, 2.45) is 7.05 Å². The van der Waals surface area contributed by atoms with Crippen molar-refractivity contribution in [3.05, 3.63) is 61.1 Å². The number of aryl methyl sites for hydroxylation is 1. The zero-order valence-corrected chi connectivity index (χ0v) is 13.5. The third-order valence-electron chi connectivity index (χ3n) is 4.19. The predicted molar refractivity (Wildman–Crippen MR) is 91.8 cm³/mol. The van der Waals surface area contributed by atoms with Crippen LogP contribution in [0.15, 0.2) is 55.4 Å². The van der Waals surface area contributed by atoms with E-state index in [2.05, 4.69) is 31.3 Å². The quantitative estimate of drug-likeness (QED) is 0.505. The third kappa shape index (κ3) is 2.26. The van der Waals surface area contributed by atoms with Gasteiger partial charge in [0.1, 0.15) is 5.52 Å². The maximum absolute atomic E-state index is 4.52. The van der Waals surface area contributed by atoms with Crippen LogP contribution in [0.4, 0.5) is 0 Å². The van der Waals surface area contributed by atoms with Gasteiger partial charge in [0, 0.05) is 36.8 Å². The highest BCUT2D eigenvalue weighted by Crippen LogP contribution is 2.22. The molecule has 0 unspecified atom stereocenters. The number of fused-ring (bicyclic) bond motifs is 2. The number of imidazole rings is 1. The molecule has 0 saturated carbocycles. The lowest BCUT2D eigenvalue weighted by molar-refractivity contribution is 0.676. The number of pyridine rings is 1. The summed E-state index contributed by atoms with van der Waals surface area (Å²) in [6.45, 7) is 0.569. The van der Waals surface area contributed by atoms with E-state index in [4.69, 9.17) is 0 Å². The lowest BCUT2D eigenvalue weighted by Gasteiger charge is -2.04. The lowest BCUT2D eigenvalue weighted by Crippen LogP contribution is -2.05. The van der Waals surface area contributed by atoms with Crippen molar-refractivity contribution in [1.82, 2.24) is 39.1 Å². The van der Waals surface area contributed by atoms with Gasteiger partial charge in [0.15, 0.2) is 5.65 Å². The van der Waals surface area contributed by atoms with Gasteiger partial charge in [-0.05, 0) is 18.2 Å².